The molecule has 1 amide bonds. The van der Waals surface area contributed by atoms with E-state index in [1.165, 1.54) is 18.0 Å². The van der Waals surface area contributed by atoms with Gasteiger partial charge in [0.25, 0.3) is 0 Å². The Hall–Kier alpha value is -3.92. The molecule has 4 aromatic rings. The average molecular weight is 458 g/mol. The fourth-order valence-corrected chi connectivity index (χ4v) is 4.45. The third-order valence-electron chi connectivity index (χ3n) is 5.34. The van der Waals surface area contributed by atoms with E-state index in [1.54, 1.807) is 4.68 Å². The third kappa shape index (κ3) is 4.65. The van der Waals surface area contributed by atoms with Crippen LogP contribution in [0.4, 0.5) is 5.95 Å². The molecule has 33 heavy (non-hydrogen) atoms. The second-order valence-electron chi connectivity index (χ2n) is 7.54. The van der Waals surface area contributed by atoms with E-state index < -0.39 is 0 Å². The highest BCUT2D eigenvalue weighted by Crippen LogP contribution is 2.31. The Morgan fingerprint density at radius 1 is 1.06 bits per heavy atom. The van der Waals surface area contributed by atoms with Crippen LogP contribution < -0.4 is 5.32 Å². The van der Waals surface area contributed by atoms with Crippen LogP contribution in [0.5, 0.6) is 0 Å². The smallest absolute Gasteiger partial charge is 0.237 e. The fraction of sp³-hybridized carbons (Fsp3) is 0.174. The van der Waals surface area contributed by atoms with Crippen molar-refractivity contribution < 1.29 is 9.59 Å². The first-order valence-corrected chi connectivity index (χ1v) is 11.4. The number of hydrogen-bond donors (Lipinski definition) is 1. The zero-order valence-electron chi connectivity index (χ0n) is 17.5. The summed E-state index contributed by atoms with van der Waals surface area (Å²) in [6.45, 7) is 0. The quantitative estimate of drug-likeness (QED) is 0.439. The van der Waals surface area contributed by atoms with E-state index in [2.05, 4.69) is 30.8 Å². The maximum Gasteiger partial charge on any atom is 0.237 e. The number of carbonyl (C=O) groups excluding carboxylic acids is 2. The normalized spacial score (nSPS) is 15.2. The van der Waals surface area contributed by atoms with E-state index in [-0.39, 0.29) is 29.3 Å². The molecular weight excluding hydrogens is 438 g/mol. The van der Waals surface area contributed by atoms with Gasteiger partial charge in [0.1, 0.15) is 0 Å². The zero-order chi connectivity index (χ0) is 22.6. The molecule has 0 bridgehead atoms. The standard InChI is InChI=1S/C23H19N7O2S/c31-20-12-16(15-7-3-1-4-8-15)11-19-18(20)13-24-22(25-19)26-21(32)14-33-23-27-28-29-30(23)17-9-5-2-6-10-17/h1-10,13,16H,11-12,14H2,(H,24,25,26,32)/t16-/m1/s1. The van der Waals surface area contributed by atoms with Gasteiger partial charge in [0.2, 0.25) is 17.0 Å². The molecule has 0 radical (unpaired) electrons. The lowest BCUT2D eigenvalue weighted by molar-refractivity contribution is -0.113. The topological polar surface area (TPSA) is 116 Å². The number of tetrazole rings is 1. The van der Waals surface area contributed by atoms with Crippen LogP contribution in [-0.4, -0.2) is 47.6 Å². The maximum absolute atomic E-state index is 12.6. The van der Waals surface area contributed by atoms with Crippen molar-refractivity contribution in [2.45, 2.75) is 23.9 Å². The molecule has 1 aliphatic carbocycles. The van der Waals surface area contributed by atoms with Crippen LogP contribution in [0.1, 0.15) is 34.0 Å². The number of benzene rings is 2. The van der Waals surface area contributed by atoms with Crippen LogP contribution in [0.25, 0.3) is 5.69 Å². The van der Waals surface area contributed by atoms with Gasteiger partial charge >= 0.3 is 0 Å². The van der Waals surface area contributed by atoms with Crippen molar-refractivity contribution in [3.8, 4) is 5.69 Å². The summed E-state index contributed by atoms with van der Waals surface area (Å²) >= 11 is 1.21. The zero-order valence-corrected chi connectivity index (χ0v) is 18.3. The Morgan fingerprint density at radius 3 is 2.61 bits per heavy atom. The summed E-state index contributed by atoms with van der Waals surface area (Å²) < 4.78 is 1.57. The van der Waals surface area contributed by atoms with Crippen LogP contribution in [0, 0.1) is 0 Å². The van der Waals surface area contributed by atoms with Gasteiger partial charge in [-0.2, -0.15) is 4.68 Å². The third-order valence-corrected chi connectivity index (χ3v) is 6.26. The first-order valence-electron chi connectivity index (χ1n) is 10.4. The number of hydrogen-bond acceptors (Lipinski definition) is 8. The molecule has 2 aromatic heterocycles. The number of Topliss-reactive ketones (excluding diaryl/α,β-unsaturated/α-hetero) is 1. The van der Waals surface area contributed by atoms with E-state index >= 15 is 0 Å². The first-order chi connectivity index (χ1) is 16.2. The Kier molecular flexibility index (Phi) is 5.90. The highest BCUT2D eigenvalue weighted by atomic mass is 32.2. The molecular formula is C23H19N7O2S. The molecule has 2 heterocycles. The van der Waals surface area contributed by atoms with Crippen molar-refractivity contribution >= 4 is 29.4 Å². The molecule has 0 saturated carbocycles. The predicted molar refractivity (Wildman–Crippen MR) is 122 cm³/mol. The number of amides is 1. The minimum atomic E-state index is -0.288. The highest BCUT2D eigenvalue weighted by Gasteiger charge is 2.28. The lowest BCUT2D eigenvalue weighted by Gasteiger charge is -2.23. The predicted octanol–water partition coefficient (Wildman–Crippen LogP) is 3.10. The molecule has 2 aromatic carbocycles. The van der Waals surface area contributed by atoms with Crippen molar-refractivity contribution in [1.82, 2.24) is 30.2 Å². The van der Waals surface area contributed by atoms with Crippen LogP contribution in [0.2, 0.25) is 0 Å². The van der Waals surface area contributed by atoms with Gasteiger partial charge in [0, 0.05) is 12.6 Å². The van der Waals surface area contributed by atoms with Crippen molar-refractivity contribution in [1.29, 1.82) is 0 Å². The van der Waals surface area contributed by atoms with Gasteiger partial charge < -0.3 is 0 Å². The van der Waals surface area contributed by atoms with Gasteiger partial charge in [-0.05, 0) is 40.5 Å². The Bertz CT molecular complexity index is 1290. The van der Waals surface area contributed by atoms with E-state index in [9.17, 15) is 9.59 Å². The van der Waals surface area contributed by atoms with Gasteiger partial charge in [0.05, 0.1) is 22.7 Å². The Labute approximate surface area is 193 Å². The fourth-order valence-electron chi connectivity index (χ4n) is 3.76. The SMILES string of the molecule is O=C(CSc1nnnn1-c1ccccc1)Nc1ncc2c(n1)C[C@@H](c1ccccc1)CC2=O. The van der Waals surface area contributed by atoms with Gasteiger partial charge in [0.15, 0.2) is 5.78 Å². The molecule has 10 heteroatoms. The summed E-state index contributed by atoms with van der Waals surface area (Å²) in [5, 5.41) is 14.9. The van der Waals surface area contributed by atoms with Crippen molar-refractivity contribution in [3.05, 3.63) is 83.7 Å². The number of carbonyl (C=O) groups is 2. The summed E-state index contributed by atoms with van der Waals surface area (Å²) in [7, 11) is 0. The van der Waals surface area contributed by atoms with Crippen molar-refractivity contribution in [3.63, 3.8) is 0 Å². The van der Waals surface area contributed by atoms with Crippen molar-refractivity contribution in [2.75, 3.05) is 11.1 Å². The van der Waals surface area contributed by atoms with Gasteiger partial charge in [-0.25, -0.2) is 9.97 Å². The van der Waals surface area contributed by atoms with E-state index in [1.807, 2.05) is 60.7 Å². The second kappa shape index (κ2) is 9.29. The summed E-state index contributed by atoms with van der Waals surface area (Å²) in [5.74, 6) is 0.0651. The molecule has 0 aliphatic heterocycles. The molecule has 1 aliphatic rings. The van der Waals surface area contributed by atoms with Crippen LogP contribution >= 0.6 is 11.8 Å². The van der Waals surface area contributed by atoms with Crippen LogP contribution in [-0.2, 0) is 11.2 Å². The molecule has 0 fully saturated rings. The average Bonchev–Trinajstić information content (AvgIpc) is 3.32. The summed E-state index contributed by atoms with van der Waals surface area (Å²) in [5.41, 5.74) is 3.09. The number of fused-ring (bicyclic) bond motifs is 1. The monoisotopic (exact) mass is 457 g/mol. The number of nitrogens with zero attached hydrogens (tertiary/aromatic N) is 6. The second-order valence-corrected chi connectivity index (χ2v) is 8.48. The Morgan fingerprint density at radius 2 is 1.82 bits per heavy atom. The number of thioether (sulfide) groups is 1. The first kappa shape index (κ1) is 21.0. The maximum atomic E-state index is 12.6. The number of para-hydroxylation sites is 1. The number of nitrogens with one attached hydrogen (secondary N) is 1. The molecule has 0 saturated heterocycles. The van der Waals surface area contributed by atoms with Gasteiger partial charge in [-0.15, -0.1) is 5.10 Å². The molecule has 5 rings (SSSR count). The summed E-state index contributed by atoms with van der Waals surface area (Å²) in [4.78, 5) is 33.8. The van der Waals surface area contributed by atoms with Crippen molar-refractivity contribution in [2.24, 2.45) is 0 Å². The molecule has 1 atom stereocenters. The number of rotatable bonds is 6. The van der Waals surface area contributed by atoms with Gasteiger partial charge in [-0.1, -0.05) is 60.3 Å². The number of aromatic nitrogens is 6. The minimum absolute atomic E-state index is 0.0197. The summed E-state index contributed by atoms with van der Waals surface area (Å²) in [6, 6.07) is 19.4. The number of ketones is 1. The van der Waals surface area contributed by atoms with Crippen LogP contribution in [0.3, 0.4) is 0 Å². The van der Waals surface area contributed by atoms with E-state index in [0.29, 0.717) is 29.3 Å². The highest BCUT2D eigenvalue weighted by molar-refractivity contribution is 7.99. The Balaban J connectivity index is 1.25. The lowest BCUT2D eigenvalue weighted by Crippen LogP contribution is -2.23. The molecule has 0 unspecified atom stereocenters. The van der Waals surface area contributed by atoms with E-state index in [0.717, 1.165) is 11.3 Å². The minimum Gasteiger partial charge on any atom is -0.294 e. The number of anilines is 1. The van der Waals surface area contributed by atoms with Gasteiger partial charge in [-0.3, -0.25) is 14.9 Å². The van der Waals surface area contributed by atoms with E-state index in [4.69, 9.17) is 0 Å². The molecule has 9 nitrogen and oxygen atoms in total. The molecule has 1 N–H and O–H groups in total. The molecule has 164 valence electrons. The van der Waals surface area contributed by atoms with Crippen LogP contribution in [0.15, 0.2) is 72.0 Å². The molecule has 0 spiro atoms. The largest absolute Gasteiger partial charge is 0.294 e. The lowest BCUT2D eigenvalue weighted by atomic mass is 9.82. The summed E-state index contributed by atoms with van der Waals surface area (Å²) in [6.07, 6.45) is 2.56.